The van der Waals surface area contributed by atoms with Crippen LogP contribution in [0.1, 0.15) is 0 Å². The molecule has 3 heteroatoms. The smallest absolute Gasteiger partial charge is 0.156 e. The molecule has 9 heavy (non-hydrogen) atoms. The fourth-order valence-corrected chi connectivity index (χ4v) is 0.590. The molecule has 1 rings (SSSR count). The Balaban J connectivity index is 2.70. The standard InChI is InChI=1S/C6H5F3/c7-4-1-2-5(8)6(9)3-4/h1-3,5-6H. The Morgan fingerprint density at radius 1 is 1.22 bits per heavy atom. The largest absolute Gasteiger partial charge is 0.239 e. The first-order valence-electron chi connectivity index (χ1n) is 2.54. The van der Waals surface area contributed by atoms with E-state index in [1.165, 1.54) is 0 Å². The number of rotatable bonds is 0. The van der Waals surface area contributed by atoms with Crippen molar-refractivity contribution in [2.75, 3.05) is 0 Å². The molecule has 0 fully saturated rings. The van der Waals surface area contributed by atoms with Crippen LogP contribution in [0, 0.1) is 0 Å². The van der Waals surface area contributed by atoms with E-state index in [1.54, 1.807) is 0 Å². The van der Waals surface area contributed by atoms with Crippen molar-refractivity contribution in [2.24, 2.45) is 0 Å². The van der Waals surface area contributed by atoms with Crippen molar-refractivity contribution in [3.63, 3.8) is 0 Å². The van der Waals surface area contributed by atoms with Gasteiger partial charge >= 0.3 is 0 Å². The molecule has 0 aromatic heterocycles. The van der Waals surface area contributed by atoms with Crippen molar-refractivity contribution in [1.29, 1.82) is 0 Å². The summed E-state index contributed by atoms with van der Waals surface area (Å²) in [6.07, 6.45) is -1.09. The molecular weight excluding hydrogens is 129 g/mol. The molecule has 1 aliphatic carbocycles. The second-order valence-electron chi connectivity index (χ2n) is 1.80. The van der Waals surface area contributed by atoms with Crippen LogP contribution in [-0.4, -0.2) is 12.3 Å². The lowest BCUT2D eigenvalue weighted by molar-refractivity contribution is 0.241. The van der Waals surface area contributed by atoms with E-state index >= 15 is 0 Å². The Bertz CT molecular complexity index is 160. The molecule has 0 aromatic rings. The molecule has 2 unspecified atom stereocenters. The maximum absolute atomic E-state index is 12.1. The van der Waals surface area contributed by atoms with Crippen molar-refractivity contribution in [2.45, 2.75) is 12.3 Å². The lowest BCUT2D eigenvalue weighted by Gasteiger charge is -2.08. The molecule has 1 aliphatic rings. The van der Waals surface area contributed by atoms with Crippen molar-refractivity contribution < 1.29 is 13.2 Å². The van der Waals surface area contributed by atoms with Crippen LogP contribution in [0.25, 0.3) is 0 Å². The highest BCUT2D eigenvalue weighted by Crippen LogP contribution is 2.16. The normalized spacial score (nSPS) is 34.3. The summed E-state index contributed by atoms with van der Waals surface area (Å²) < 4.78 is 36.1. The van der Waals surface area contributed by atoms with E-state index in [1.807, 2.05) is 0 Å². The first-order chi connectivity index (χ1) is 4.20. The Morgan fingerprint density at radius 2 is 1.89 bits per heavy atom. The van der Waals surface area contributed by atoms with Crippen LogP contribution < -0.4 is 0 Å². The minimum atomic E-state index is -1.81. The lowest BCUT2D eigenvalue weighted by atomic mass is 10.1. The van der Waals surface area contributed by atoms with E-state index in [0.29, 0.717) is 6.08 Å². The third-order valence-corrected chi connectivity index (χ3v) is 1.06. The molecule has 0 radical (unpaired) electrons. The Morgan fingerprint density at radius 3 is 2.33 bits per heavy atom. The molecular formula is C6H5F3. The van der Waals surface area contributed by atoms with Gasteiger partial charge in [0.25, 0.3) is 0 Å². The van der Waals surface area contributed by atoms with Gasteiger partial charge in [-0.05, 0) is 18.2 Å². The fraction of sp³-hybridized carbons (Fsp3) is 0.333. The number of hydrogen-bond donors (Lipinski definition) is 0. The van der Waals surface area contributed by atoms with Gasteiger partial charge in [0.1, 0.15) is 5.83 Å². The summed E-state index contributed by atoms with van der Waals surface area (Å²) >= 11 is 0. The number of alkyl halides is 2. The molecule has 0 spiro atoms. The van der Waals surface area contributed by atoms with E-state index in [0.717, 1.165) is 12.2 Å². The molecule has 0 saturated heterocycles. The predicted molar refractivity (Wildman–Crippen MR) is 28.1 cm³/mol. The van der Waals surface area contributed by atoms with E-state index in [9.17, 15) is 13.2 Å². The fourth-order valence-electron chi connectivity index (χ4n) is 0.590. The Labute approximate surface area is 50.7 Å². The molecule has 50 valence electrons. The quantitative estimate of drug-likeness (QED) is 0.475. The van der Waals surface area contributed by atoms with Gasteiger partial charge < -0.3 is 0 Å². The molecule has 0 nitrogen and oxygen atoms in total. The summed E-state index contributed by atoms with van der Waals surface area (Å²) in [5.41, 5.74) is 0. The van der Waals surface area contributed by atoms with Gasteiger partial charge in [0.2, 0.25) is 0 Å². The summed E-state index contributed by atoms with van der Waals surface area (Å²) in [5.74, 6) is -0.712. The van der Waals surface area contributed by atoms with E-state index in [4.69, 9.17) is 0 Å². The van der Waals surface area contributed by atoms with E-state index < -0.39 is 18.2 Å². The van der Waals surface area contributed by atoms with Gasteiger partial charge in [-0.15, -0.1) is 0 Å². The second-order valence-corrected chi connectivity index (χ2v) is 1.80. The first kappa shape index (κ1) is 6.39. The van der Waals surface area contributed by atoms with Crippen LogP contribution in [-0.2, 0) is 0 Å². The van der Waals surface area contributed by atoms with Gasteiger partial charge in [-0.1, -0.05) is 0 Å². The van der Waals surface area contributed by atoms with Gasteiger partial charge in [-0.25, -0.2) is 13.2 Å². The molecule has 0 heterocycles. The molecule has 0 saturated carbocycles. The molecule has 2 atom stereocenters. The van der Waals surface area contributed by atoms with Crippen LogP contribution in [0.4, 0.5) is 13.2 Å². The first-order valence-corrected chi connectivity index (χ1v) is 2.54. The third-order valence-electron chi connectivity index (χ3n) is 1.06. The number of halogens is 3. The van der Waals surface area contributed by atoms with Crippen LogP contribution >= 0.6 is 0 Å². The van der Waals surface area contributed by atoms with Gasteiger partial charge in [0.05, 0.1) is 0 Å². The maximum Gasteiger partial charge on any atom is 0.156 e. The van der Waals surface area contributed by atoms with Gasteiger partial charge in [0, 0.05) is 0 Å². The molecule has 0 amide bonds. The summed E-state index contributed by atoms with van der Waals surface area (Å²) in [6.45, 7) is 0. The second kappa shape index (κ2) is 2.25. The maximum atomic E-state index is 12.1. The van der Waals surface area contributed by atoms with Crippen molar-refractivity contribution in [1.82, 2.24) is 0 Å². The predicted octanol–water partition coefficient (Wildman–Crippen LogP) is 2.09. The molecule has 0 bridgehead atoms. The van der Waals surface area contributed by atoms with Gasteiger partial charge in [-0.3, -0.25) is 0 Å². The monoisotopic (exact) mass is 134 g/mol. The Kier molecular flexibility index (Phi) is 1.60. The van der Waals surface area contributed by atoms with Crippen LogP contribution in [0.2, 0.25) is 0 Å². The van der Waals surface area contributed by atoms with Crippen molar-refractivity contribution in [3.8, 4) is 0 Å². The van der Waals surface area contributed by atoms with Gasteiger partial charge in [-0.2, -0.15) is 0 Å². The zero-order chi connectivity index (χ0) is 6.85. The SMILES string of the molecule is FC1=CC(F)C(F)C=C1. The van der Waals surface area contributed by atoms with E-state index in [-0.39, 0.29) is 0 Å². The third kappa shape index (κ3) is 1.34. The zero-order valence-electron chi connectivity index (χ0n) is 4.52. The summed E-state index contributed by atoms with van der Waals surface area (Å²) in [6, 6.07) is 0. The highest BCUT2D eigenvalue weighted by atomic mass is 19.2. The summed E-state index contributed by atoms with van der Waals surface area (Å²) in [7, 11) is 0. The van der Waals surface area contributed by atoms with Crippen LogP contribution in [0.3, 0.4) is 0 Å². The average molecular weight is 134 g/mol. The number of hydrogen-bond acceptors (Lipinski definition) is 0. The Hall–Kier alpha value is -0.730. The van der Waals surface area contributed by atoms with Gasteiger partial charge in [0.15, 0.2) is 12.3 Å². The molecule has 0 N–H and O–H groups in total. The van der Waals surface area contributed by atoms with Crippen LogP contribution in [0.15, 0.2) is 24.1 Å². The number of allylic oxidation sites excluding steroid dienone is 4. The highest BCUT2D eigenvalue weighted by molar-refractivity contribution is 5.21. The minimum Gasteiger partial charge on any atom is -0.239 e. The topological polar surface area (TPSA) is 0 Å². The summed E-state index contributed by atoms with van der Waals surface area (Å²) in [5, 5.41) is 0. The average Bonchev–Trinajstić information content (AvgIpc) is 1.80. The lowest BCUT2D eigenvalue weighted by Crippen LogP contribution is -2.14. The highest BCUT2D eigenvalue weighted by Gasteiger charge is 2.18. The minimum absolute atomic E-state index is 0.616. The zero-order valence-corrected chi connectivity index (χ0v) is 4.52. The summed E-state index contributed by atoms with van der Waals surface area (Å²) in [4.78, 5) is 0. The molecule has 0 aromatic carbocycles. The van der Waals surface area contributed by atoms with Crippen molar-refractivity contribution >= 4 is 0 Å². The van der Waals surface area contributed by atoms with Crippen LogP contribution in [0.5, 0.6) is 0 Å². The van der Waals surface area contributed by atoms with E-state index in [2.05, 4.69) is 0 Å². The molecule has 0 aliphatic heterocycles. The van der Waals surface area contributed by atoms with Crippen molar-refractivity contribution in [3.05, 3.63) is 24.1 Å².